The second-order valence-electron chi connectivity index (χ2n) is 6.95. The number of hydrogen-bond donors (Lipinski definition) is 1. The summed E-state index contributed by atoms with van der Waals surface area (Å²) in [6.45, 7) is 3.59. The smallest absolute Gasteiger partial charge is 0.241 e. The van der Waals surface area contributed by atoms with E-state index < -0.39 is 0 Å². The van der Waals surface area contributed by atoms with Gasteiger partial charge in [0.2, 0.25) is 11.8 Å². The highest BCUT2D eigenvalue weighted by Gasteiger charge is 2.14. The highest BCUT2D eigenvalue weighted by atomic mass is 16.5. The summed E-state index contributed by atoms with van der Waals surface area (Å²) in [5.74, 6) is 0.488. The van der Waals surface area contributed by atoms with E-state index >= 15 is 0 Å². The van der Waals surface area contributed by atoms with Crippen LogP contribution in [-0.4, -0.2) is 41.2 Å². The zero-order chi connectivity index (χ0) is 19.9. The molecule has 0 fully saturated rings. The van der Waals surface area contributed by atoms with Gasteiger partial charge in [-0.2, -0.15) is 0 Å². The third-order valence-electron chi connectivity index (χ3n) is 4.22. The highest BCUT2D eigenvalue weighted by molar-refractivity contribution is 5.89. The van der Waals surface area contributed by atoms with Gasteiger partial charge in [0, 0.05) is 25.4 Å². The molecule has 1 heterocycles. The van der Waals surface area contributed by atoms with E-state index in [0.717, 1.165) is 35.5 Å². The molecule has 6 nitrogen and oxygen atoms in total. The van der Waals surface area contributed by atoms with Gasteiger partial charge in [0.25, 0.3) is 0 Å². The van der Waals surface area contributed by atoms with Gasteiger partial charge in [0.15, 0.2) is 0 Å². The number of nitrogens with one attached hydrogen (secondary N) is 1. The van der Waals surface area contributed by atoms with Crippen LogP contribution < -0.4 is 10.1 Å². The van der Waals surface area contributed by atoms with E-state index in [4.69, 9.17) is 4.74 Å². The van der Waals surface area contributed by atoms with E-state index in [1.807, 2.05) is 79.6 Å². The van der Waals surface area contributed by atoms with Crippen LogP contribution in [0.5, 0.6) is 5.88 Å². The number of aromatic nitrogens is 2. The molecule has 0 atom stereocenters. The minimum Gasteiger partial charge on any atom is -0.471 e. The molecule has 0 saturated heterocycles. The van der Waals surface area contributed by atoms with Gasteiger partial charge in [0.05, 0.1) is 12.1 Å². The molecule has 1 N–H and O–H groups in total. The number of rotatable bonds is 8. The van der Waals surface area contributed by atoms with Crippen molar-refractivity contribution in [2.75, 3.05) is 26.0 Å². The SMILES string of the molecule is CC(=O)Nc1cccc(-c2cn(CCN(C)C)nc2OCc2ccccc2)c1. The molecule has 28 heavy (non-hydrogen) atoms. The molecule has 3 rings (SSSR count). The lowest BCUT2D eigenvalue weighted by atomic mass is 10.1. The average molecular weight is 378 g/mol. The Hall–Kier alpha value is -3.12. The molecule has 0 radical (unpaired) electrons. The molecule has 2 aromatic carbocycles. The van der Waals surface area contributed by atoms with Crippen molar-refractivity contribution in [3.63, 3.8) is 0 Å². The van der Waals surface area contributed by atoms with Gasteiger partial charge in [-0.3, -0.25) is 9.48 Å². The van der Waals surface area contributed by atoms with Crippen LogP contribution in [0.25, 0.3) is 11.1 Å². The number of nitrogens with zero attached hydrogens (tertiary/aromatic N) is 3. The largest absolute Gasteiger partial charge is 0.471 e. The van der Waals surface area contributed by atoms with Crippen molar-refractivity contribution >= 4 is 11.6 Å². The molecule has 146 valence electrons. The van der Waals surface area contributed by atoms with Crippen molar-refractivity contribution in [2.45, 2.75) is 20.1 Å². The minimum atomic E-state index is -0.0978. The summed E-state index contributed by atoms with van der Waals surface area (Å²) < 4.78 is 7.96. The Morgan fingerprint density at radius 1 is 1.14 bits per heavy atom. The quantitative estimate of drug-likeness (QED) is 0.650. The Kier molecular flexibility index (Phi) is 6.45. The molecule has 0 aliphatic heterocycles. The van der Waals surface area contributed by atoms with Crippen LogP contribution in [0.15, 0.2) is 60.8 Å². The van der Waals surface area contributed by atoms with Gasteiger partial charge in [-0.15, -0.1) is 5.10 Å². The van der Waals surface area contributed by atoms with Gasteiger partial charge in [0.1, 0.15) is 6.61 Å². The van der Waals surface area contributed by atoms with Crippen LogP contribution in [-0.2, 0) is 17.9 Å². The molecular weight excluding hydrogens is 352 g/mol. The second kappa shape index (κ2) is 9.19. The molecule has 6 heteroatoms. The zero-order valence-corrected chi connectivity index (χ0v) is 16.6. The molecule has 0 spiro atoms. The van der Waals surface area contributed by atoms with Crippen LogP contribution in [0.2, 0.25) is 0 Å². The summed E-state index contributed by atoms with van der Waals surface area (Å²) in [6.07, 6.45) is 2.00. The lowest BCUT2D eigenvalue weighted by Gasteiger charge is -2.08. The summed E-state index contributed by atoms with van der Waals surface area (Å²) in [7, 11) is 4.07. The number of ether oxygens (including phenoxy) is 1. The van der Waals surface area contributed by atoms with Gasteiger partial charge >= 0.3 is 0 Å². The number of carbonyl (C=O) groups excluding carboxylic acids is 1. The van der Waals surface area contributed by atoms with Gasteiger partial charge in [-0.25, -0.2) is 0 Å². The first-order valence-corrected chi connectivity index (χ1v) is 9.28. The predicted molar refractivity (Wildman–Crippen MR) is 111 cm³/mol. The Morgan fingerprint density at radius 2 is 1.93 bits per heavy atom. The maximum atomic E-state index is 11.4. The summed E-state index contributed by atoms with van der Waals surface area (Å²) in [5.41, 5.74) is 3.69. The normalized spacial score (nSPS) is 10.9. The highest BCUT2D eigenvalue weighted by Crippen LogP contribution is 2.31. The standard InChI is InChI=1S/C22H26N4O2/c1-17(27)23-20-11-7-10-19(14-20)21-15-26(13-12-25(2)3)24-22(21)28-16-18-8-5-4-6-9-18/h4-11,14-15H,12-13,16H2,1-3H3,(H,23,27). The molecule has 0 aliphatic rings. The Labute approximate surface area is 165 Å². The van der Waals surface area contributed by atoms with Crippen molar-refractivity contribution < 1.29 is 9.53 Å². The van der Waals surface area contributed by atoms with Crippen molar-refractivity contribution in [2.24, 2.45) is 0 Å². The monoisotopic (exact) mass is 378 g/mol. The summed E-state index contributed by atoms with van der Waals surface area (Å²) >= 11 is 0. The van der Waals surface area contributed by atoms with Gasteiger partial charge in [-0.1, -0.05) is 42.5 Å². The lowest BCUT2D eigenvalue weighted by molar-refractivity contribution is -0.114. The van der Waals surface area contributed by atoms with Crippen LogP contribution >= 0.6 is 0 Å². The summed E-state index contributed by atoms with van der Waals surface area (Å²) in [6, 6.07) is 17.7. The molecule has 0 bridgehead atoms. The average Bonchev–Trinajstić information content (AvgIpc) is 3.08. The van der Waals surface area contributed by atoms with Crippen molar-refractivity contribution in [1.29, 1.82) is 0 Å². The molecule has 1 amide bonds. The number of carbonyl (C=O) groups is 1. The third kappa shape index (κ3) is 5.44. The maximum absolute atomic E-state index is 11.4. The van der Waals surface area contributed by atoms with Crippen LogP contribution in [0.3, 0.4) is 0 Å². The minimum absolute atomic E-state index is 0.0978. The number of amides is 1. The van der Waals surface area contributed by atoms with E-state index in [1.165, 1.54) is 6.92 Å². The van der Waals surface area contributed by atoms with Gasteiger partial charge < -0.3 is 15.0 Å². The topological polar surface area (TPSA) is 59.4 Å². The molecular formula is C22H26N4O2. The fraction of sp³-hybridized carbons (Fsp3) is 0.273. The summed E-state index contributed by atoms with van der Waals surface area (Å²) in [4.78, 5) is 13.5. The van der Waals surface area contributed by atoms with Crippen molar-refractivity contribution in [1.82, 2.24) is 14.7 Å². The number of anilines is 1. The van der Waals surface area contributed by atoms with E-state index in [0.29, 0.717) is 12.5 Å². The fourth-order valence-corrected chi connectivity index (χ4v) is 2.82. The molecule has 0 aliphatic carbocycles. The molecule has 0 saturated carbocycles. The first-order valence-electron chi connectivity index (χ1n) is 9.28. The Balaban J connectivity index is 1.87. The van der Waals surface area contributed by atoms with E-state index in [-0.39, 0.29) is 5.91 Å². The van der Waals surface area contributed by atoms with Crippen LogP contribution in [0, 0.1) is 0 Å². The predicted octanol–water partition coefficient (Wildman–Crippen LogP) is 3.65. The Bertz CT molecular complexity index is 919. The van der Waals surface area contributed by atoms with E-state index in [1.54, 1.807) is 0 Å². The molecule has 3 aromatic rings. The first kappa shape index (κ1) is 19.6. The van der Waals surface area contributed by atoms with E-state index in [9.17, 15) is 4.79 Å². The van der Waals surface area contributed by atoms with Crippen molar-refractivity contribution in [3.05, 3.63) is 66.4 Å². The first-order chi connectivity index (χ1) is 13.5. The molecule has 0 unspecified atom stereocenters. The Morgan fingerprint density at radius 3 is 2.64 bits per heavy atom. The maximum Gasteiger partial charge on any atom is 0.241 e. The number of hydrogen-bond acceptors (Lipinski definition) is 4. The number of benzene rings is 2. The van der Waals surface area contributed by atoms with Crippen molar-refractivity contribution in [3.8, 4) is 17.0 Å². The lowest BCUT2D eigenvalue weighted by Crippen LogP contribution is -2.18. The summed E-state index contributed by atoms with van der Waals surface area (Å²) in [5, 5.41) is 7.47. The number of likely N-dealkylation sites (N-methyl/N-ethyl adjacent to an activating group) is 1. The third-order valence-corrected chi connectivity index (χ3v) is 4.22. The fourth-order valence-electron chi connectivity index (χ4n) is 2.82. The van der Waals surface area contributed by atoms with Crippen LogP contribution in [0.1, 0.15) is 12.5 Å². The van der Waals surface area contributed by atoms with E-state index in [2.05, 4.69) is 15.3 Å². The zero-order valence-electron chi connectivity index (χ0n) is 16.6. The second-order valence-corrected chi connectivity index (χ2v) is 6.95. The molecule has 1 aromatic heterocycles. The van der Waals surface area contributed by atoms with Gasteiger partial charge in [-0.05, 0) is 37.4 Å². The van der Waals surface area contributed by atoms with Crippen LogP contribution in [0.4, 0.5) is 5.69 Å².